The van der Waals surface area contributed by atoms with Crippen molar-refractivity contribution in [2.45, 2.75) is 26.2 Å². The largest absolute Gasteiger partial charge is 0.494 e. The van der Waals surface area contributed by atoms with Gasteiger partial charge in [-0.2, -0.15) is 0 Å². The molecule has 0 unspecified atom stereocenters. The Morgan fingerprint density at radius 3 is 2.72 bits per heavy atom. The van der Waals surface area contributed by atoms with Crippen molar-refractivity contribution >= 4 is 22.4 Å². The van der Waals surface area contributed by atoms with Gasteiger partial charge < -0.3 is 9.15 Å². The zero-order chi connectivity index (χ0) is 25.2. The number of nitrogens with one attached hydrogen (secondary N) is 1. The number of hydrogen-bond acceptors (Lipinski definition) is 8. The first-order valence-electron chi connectivity index (χ1n) is 11.0. The number of carbonyl (C=O) groups is 1. The zero-order valence-electron chi connectivity index (χ0n) is 19.2. The van der Waals surface area contributed by atoms with Crippen molar-refractivity contribution in [1.29, 1.82) is 0 Å². The number of anilines is 1. The van der Waals surface area contributed by atoms with Gasteiger partial charge in [-0.3, -0.25) is 15.1 Å². The molecule has 3 aromatic heterocycles. The fourth-order valence-electron chi connectivity index (χ4n) is 3.42. The molecule has 1 saturated carbocycles. The van der Waals surface area contributed by atoms with Gasteiger partial charge in [0.25, 0.3) is 12.3 Å². The molecule has 4 aromatic rings. The molecule has 8 nitrogen and oxygen atoms in total. The van der Waals surface area contributed by atoms with E-state index < -0.39 is 18.0 Å². The third-order valence-corrected chi connectivity index (χ3v) is 6.19. The fraction of sp³-hybridized carbons (Fsp3) is 0.240. The predicted molar refractivity (Wildman–Crippen MR) is 129 cm³/mol. The smallest absolute Gasteiger partial charge is 0.280 e. The fourth-order valence-corrected chi connectivity index (χ4v) is 4.09. The number of ether oxygens (including phenoxy) is 1. The molecule has 0 bridgehead atoms. The van der Waals surface area contributed by atoms with E-state index in [-0.39, 0.29) is 22.8 Å². The molecule has 36 heavy (non-hydrogen) atoms. The summed E-state index contributed by atoms with van der Waals surface area (Å²) in [5, 5.41) is 11.0. The average Bonchev–Trinajstić information content (AvgIpc) is 3.44. The van der Waals surface area contributed by atoms with Crippen LogP contribution in [0.4, 0.5) is 13.9 Å². The number of rotatable bonds is 6. The van der Waals surface area contributed by atoms with Crippen LogP contribution in [0, 0.1) is 24.7 Å². The highest BCUT2D eigenvalue weighted by Crippen LogP contribution is 2.37. The molecule has 3 heterocycles. The first-order chi connectivity index (χ1) is 17.4. The normalized spacial score (nSPS) is 12.8. The first-order valence-corrected chi connectivity index (χ1v) is 11.8. The average molecular weight is 508 g/mol. The van der Waals surface area contributed by atoms with E-state index in [9.17, 15) is 13.6 Å². The summed E-state index contributed by atoms with van der Waals surface area (Å²) in [7, 11) is 1.40. The highest BCUT2D eigenvalue weighted by Gasteiger charge is 2.22. The molecule has 1 aromatic carbocycles. The Bertz CT molecular complexity index is 1500. The maximum absolute atomic E-state index is 13.5. The standard InChI is InChI=1S/C25H19F2N5O3S/c1-13-31-32-24(35-13)15-6-8-17(18(9-15)19-10-20(22(26)27)28-12-21(19)34-2)23(33)30-25-29-11-16(36-25)7-5-14-3-4-14/h6,8-12,14,22H,3-4H2,1-2H3,(H,29,30,33). The summed E-state index contributed by atoms with van der Waals surface area (Å²) in [6, 6.07) is 6.01. The second-order valence-electron chi connectivity index (χ2n) is 8.02. The van der Waals surface area contributed by atoms with Crippen molar-refractivity contribution < 1.29 is 22.7 Å². The third kappa shape index (κ3) is 5.08. The Balaban J connectivity index is 1.55. The Labute approximate surface area is 208 Å². The third-order valence-electron chi connectivity index (χ3n) is 5.36. The number of halogens is 2. The minimum absolute atomic E-state index is 0.209. The number of thiazole rings is 1. The van der Waals surface area contributed by atoms with Gasteiger partial charge in [0.2, 0.25) is 11.8 Å². The van der Waals surface area contributed by atoms with Crippen LogP contribution in [-0.4, -0.2) is 33.2 Å². The number of benzene rings is 1. The molecule has 1 N–H and O–H groups in total. The van der Waals surface area contributed by atoms with Crippen molar-refractivity contribution in [2.24, 2.45) is 5.92 Å². The van der Waals surface area contributed by atoms with E-state index in [1.807, 2.05) is 0 Å². The highest BCUT2D eigenvalue weighted by atomic mass is 32.1. The van der Waals surface area contributed by atoms with Crippen molar-refractivity contribution in [3.63, 3.8) is 0 Å². The minimum Gasteiger partial charge on any atom is -0.494 e. The lowest BCUT2D eigenvalue weighted by Gasteiger charge is -2.14. The zero-order valence-corrected chi connectivity index (χ0v) is 20.0. The predicted octanol–water partition coefficient (Wildman–Crippen LogP) is 5.52. The molecule has 0 spiro atoms. The molecule has 1 amide bonds. The van der Waals surface area contributed by atoms with Crippen LogP contribution >= 0.6 is 11.3 Å². The van der Waals surface area contributed by atoms with Crippen LogP contribution in [-0.2, 0) is 0 Å². The summed E-state index contributed by atoms with van der Waals surface area (Å²) in [6.07, 6.45) is 2.23. The Morgan fingerprint density at radius 2 is 2.03 bits per heavy atom. The second-order valence-corrected chi connectivity index (χ2v) is 9.05. The number of amides is 1. The van der Waals surface area contributed by atoms with Crippen molar-refractivity contribution in [2.75, 3.05) is 12.4 Å². The van der Waals surface area contributed by atoms with Crippen LogP contribution in [0.1, 0.15) is 46.1 Å². The Kier molecular flexibility index (Phi) is 6.43. The molecule has 0 saturated heterocycles. The molecule has 182 valence electrons. The SMILES string of the molecule is COc1cnc(C(F)F)cc1-c1cc(-c2nnc(C)o2)ccc1C(=O)Nc1ncc(C#CC2CC2)s1. The number of methoxy groups -OCH3 is 1. The quantitative estimate of drug-likeness (QED) is 0.343. The van der Waals surface area contributed by atoms with Gasteiger partial charge >= 0.3 is 0 Å². The van der Waals surface area contributed by atoms with Crippen molar-refractivity contribution in [3.8, 4) is 40.2 Å². The summed E-state index contributed by atoms with van der Waals surface area (Å²) >= 11 is 1.26. The van der Waals surface area contributed by atoms with Crippen LogP contribution in [0.25, 0.3) is 22.6 Å². The van der Waals surface area contributed by atoms with E-state index in [1.165, 1.54) is 30.7 Å². The number of aryl methyl sites for hydroxylation is 1. The molecule has 5 rings (SSSR count). The maximum atomic E-state index is 13.5. The number of hydrogen-bond donors (Lipinski definition) is 1. The van der Waals surface area contributed by atoms with E-state index in [4.69, 9.17) is 9.15 Å². The lowest BCUT2D eigenvalue weighted by atomic mass is 9.96. The number of carbonyl (C=O) groups excluding carboxylic acids is 1. The highest BCUT2D eigenvalue weighted by molar-refractivity contribution is 7.16. The van der Waals surface area contributed by atoms with E-state index >= 15 is 0 Å². The number of aromatic nitrogens is 4. The molecule has 1 aliphatic rings. The molecular formula is C25H19F2N5O3S. The van der Waals surface area contributed by atoms with Gasteiger partial charge in [-0.1, -0.05) is 23.2 Å². The number of pyridine rings is 1. The summed E-state index contributed by atoms with van der Waals surface area (Å²) in [5.41, 5.74) is 0.857. The van der Waals surface area contributed by atoms with E-state index in [1.54, 1.807) is 31.3 Å². The molecule has 1 aliphatic carbocycles. The topological polar surface area (TPSA) is 103 Å². The maximum Gasteiger partial charge on any atom is 0.280 e. The Morgan fingerprint density at radius 1 is 1.19 bits per heavy atom. The van der Waals surface area contributed by atoms with Crippen LogP contribution in [0.5, 0.6) is 5.75 Å². The summed E-state index contributed by atoms with van der Waals surface area (Å²) in [5.74, 6) is 7.01. The van der Waals surface area contributed by atoms with Gasteiger partial charge in [-0.15, -0.1) is 10.2 Å². The molecule has 0 radical (unpaired) electrons. The summed E-state index contributed by atoms with van der Waals surface area (Å²) in [6.45, 7) is 1.65. The second kappa shape index (κ2) is 9.83. The van der Waals surface area contributed by atoms with Gasteiger partial charge in [0.05, 0.1) is 24.4 Å². The van der Waals surface area contributed by atoms with E-state index in [0.29, 0.717) is 28.1 Å². The monoisotopic (exact) mass is 507 g/mol. The van der Waals surface area contributed by atoms with Gasteiger partial charge in [-0.05, 0) is 42.7 Å². The molecule has 0 aliphatic heterocycles. The lowest BCUT2D eigenvalue weighted by molar-refractivity contribution is 0.102. The van der Waals surface area contributed by atoms with Gasteiger partial charge in [-0.25, -0.2) is 13.8 Å². The number of alkyl halides is 2. The van der Waals surface area contributed by atoms with E-state index in [2.05, 4.69) is 37.3 Å². The van der Waals surface area contributed by atoms with E-state index in [0.717, 1.165) is 17.7 Å². The van der Waals surface area contributed by atoms with Gasteiger partial charge in [0, 0.05) is 29.5 Å². The Hall–Kier alpha value is -4.17. The van der Waals surface area contributed by atoms with Gasteiger partial charge in [0.1, 0.15) is 11.4 Å². The summed E-state index contributed by atoms with van der Waals surface area (Å²) < 4.78 is 37.8. The molecule has 11 heteroatoms. The molecular weight excluding hydrogens is 488 g/mol. The first kappa shape index (κ1) is 23.6. The summed E-state index contributed by atoms with van der Waals surface area (Å²) in [4.78, 5) is 22.1. The lowest BCUT2D eigenvalue weighted by Crippen LogP contribution is -2.13. The van der Waals surface area contributed by atoms with Crippen LogP contribution in [0.15, 0.2) is 41.1 Å². The minimum atomic E-state index is -2.81. The molecule has 0 atom stereocenters. The molecule has 1 fully saturated rings. The van der Waals surface area contributed by atoms with Crippen LogP contribution < -0.4 is 10.1 Å². The van der Waals surface area contributed by atoms with Crippen LogP contribution in [0.2, 0.25) is 0 Å². The van der Waals surface area contributed by atoms with Gasteiger partial charge in [0.15, 0.2) is 5.13 Å². The van der Waals surface area contributed by atoms with Crippen LogP contribution in [0.3, 0.4) is 0 Å². The van der Waals surface area contributed by atoms with Crippen molar-refractivity contribution in [3.05, 3.63) is 58.7 Å². The van der Waals surface area contributed by atoms with Crippen molar-refractivity contribution in [1.82, 2.24) is 20.2 Å². The number of nitrogens with zero attached hydrogens (tertiary/aromatic N) is 4.